The van der Waals surface area contributed by atoms with E-state index in [0.29, 0.717) is 12.0 Å². The monoisotopic (exact) mass is 372 g/mol. The molecule has 0 N–H and O–H groups in total. The van der Waals surface area contributed by atoms with Gasteiger partial charge >= 0.3 is 0 Å². The average molecular weight is 372 g/mol. The number of hydrogen-bond donors (Lipinski definition) is 0. The summed E-state index contributed by atoms with van der Waals surface area (Å²) in [5, 5.41) is 0. The third-order valence-electron chi connectivity index (χ3n) is 4.82. The van der Waals surface area contributed by atoms with E-state index < -0.39 is 23.3 Å². The Morgan fingerprint density at radius 3 is 2.30 bits per heavy atom. The van der Waals surface area contributed by atoms with Crippen molar-refractivity contribution in [3.8, 4) is 16.9 Å². The van der Waals surface area contributed by atoms with Crippen molar-refractivity contribution >= 4 is 0 Å². The van der Waals surface area contributed by atoms with Crippen molar-refractivity contribution in [3.63, 3.8) is 0 Å². The standard InChI is InChI=1S/C22H16F4O/c1-12-2-6-20-13(8-12)4-7-21(27-20)14-3-5-16(17(23)9-14)15-10-18(24)22(26)19(25)11-15/h2-3,5-6,8-11,21H,4,7H2,1H3. The van der Waals surface area contributed by atoms with Gasteiger partial charge in [-0.25, -0.2) is 17.6 Å². The molecule has 3 aromatic rings. The van der Waals surface area contributed by atoms with Gasteiger partial charge in [0, 0.05) is 5.56 Å². The van der Waals surface area contributed by atoms with Crippen LogP contribution in [-0.2, 0) is 6.42 Å². The Morgan fingerprint density at radius 1 is 0.852 bits per heavy atom. The first-order chi connectivity index (χ1) is 12.9. The van der Waals surface area contributed by atoms with E-state index in [0.717, 1.165) is 35.4 Å². The van der Waals surface area contributed by atoms with Crippen molar-refractivity contribution in [1.29, 1.82) is 0 Å². The van der Waals surface area contributed by atoms with E-state index in [4.69, 9.17) is 4.74 Å². The number of aryl methyl sites for hydroxylation is 2. The summed E-state index contributed by atoms with van der Waals surface area (Å²) in [4.78, 5) is 0. The van der Waals surface area contributed by atoms with Crippen molar-refractivity contribution in [3.05, 3.63) is 88.5 Å². The Kier molecular flexibility index (Phi) is 4.38. The highest BCUT2D eigenvalue weighted by Gasteiger charge is 2.23. The number of fused-ring (bicyclic) bond motifs is 1. The van der Waals surface area contributed by atoms with Crippen LogP contribution in [0.4, 0.5) is 17.6 Å². The molecule has 1 heterocycles. The van der Waals surface area contributed by atoms with Crippen LogP contribution in [0.25, 0.3) is 11.1 Å². The molecule has 0 aromatic heterocycles. The lowest BCUT2D eigenvalue weighted by molar-refractivity contribution is 0.176. The summed E-state index contributed by atoms with van der Waals surface area (Å²) < 4.78 is 60.6. The molecule has 1 atom stereocenters. The largest absolute Gasteiger partial charge is 0.485 e. The molecule has 0 saturated carbocycles. The minimum Gasteiger partial charge on any atom is -0.485 e. The van der Waals surface area contributed by atoms with Crippen LogP contribution >= 0.6 is 0 Å². The number of ether oxygens (including phenoxy) is 1. The lowest BCUT2D eigenvalue weighted by Gasteiger charge is -2.27. The van der Waals surface area contributed by atoms with Gasteiger partial charge in [-0.05, 0) is 60.7 Å². The molecule has 3 aromatic carbocycles. The Morgan fingerprint density at radius 2 is 1.59 bits per heavy atom. The summed E-state index contributed by atoms with van der Waals surface area (Å²) in [5.41, 5.74) is 2.88. The number of benzene rings is 3. The second-order valence-corrected chi connectivity index (χ2v) is 6.75. The smallest absolute Gasteiger partial charge is 0.194 e. The highest BCUT2D eigenvalue weighted by Crippen LogP contribution is 2.36. The van der Waals surface area contributed by atoms with E-state index in [1.54, 1.807) is 6.07 Å². The van der Waals surface area contributed by atoms with E-state index >= 15 is 0 Å². The van der Waals surface area contributed by atoms with E-state index in [9.17, 15) is 17.6 Å². The van der Waals surface area contributed by atoms with Gasteiger partial charge < -0.3 is 4.74 Å². The Labute approximate surface area is 154 Å². The Bertz CT molecular complexity index is 1010. The molecule has 0 saturated heterocycles. The maximum atomic E-state index is 14.6. The van der Waals surface area contributed by atoms with Gasteiger partial charge in [0.25, 0.3) is 0 Å². The quantitative estimate of drug-likeness (QED) is 0.380. The summed E-state index contributed by atoms with van der Waals surface area (Å²) in [5.74, 6) is -4.13. The van der Waals surface area contributed by atoms with Gasteiger partial charge in [0.05, 0.1) is 0 Å². The first-order valence-corrected chi connectivity index (χ1v) is 8.63. The van der Waals surface area contributed by atoms with Crippen molar-refractivity contribution in [2.45, 2.75) is 25.9 Å². The maximum absolute atomic E-state index is 14.6. The van der Waals surface area contributed by atoms with Crippen LogP contribution < -0.4 is 4.74 Å². The maximum Gasteiger partial charge on any atom is 0.194 e. The predicted octanol–water partition coefficient (Wildman–Crippen LogP) is 6.28. The molecule has 27 heavy (non-hydrogen) atoms. The average Bonchev–Trinajstić information content (AvgIpc) is 2.65. The number of hydrogen-bond acceptors (Lipinski definition) is 1. The minimum absolute atomic E-state index is 0.00313. The van der Waals surface area contributed by atoms with Gasteiger partial charge in [-0.3, -0.25) is 0 Å². The first kappa shape index (κ1) is 17.6. The predicted molar refractivity (Wildman–Crippen MR) is 94.6 cm³/mol. The summed E-state index contributed by atoms with van der Waals surface area (Å²) >= 11 is 0. The summed E-state index contributed by atoms with van der Waals surface area (Å²) in [6.07, 6.45) is 1.22. The Hall–Kier alpha value is -2.82. The third-order valence-corrected chi connectivity index (χ3v) is 4.82. The molecule has 1 unspecified atom stereocenters. The SMILES string of the molecule is Cc1ccc2c(c1)CCC(c1ccc(-c3cc(F)c(F)c(F)c3)c(F)c1)O2. The number of rotatable bonds is 2. The topological polar surface area (TPSA) is 9.23 Å². The fraction of sp³-hybridized carbons (Fsp3) is 0.182. The molecular weight excluding hydrogens is 356 g/mol. The molecule has 0 spiro atoms. The van der Waals surface area contributed by atoms with E-state index in [-0.39, 0.29) is 17.2 Å². The lowest BCUT2D eigenvalue weighted by atomic mass is 9.94. The number of halogens is 4. The fourth-order valence-corrected chi connectivity index (χ4v) is 3.43. The summed E-state index contributed by atoms with van der Waals surface area (Å²) in [7, 11) is 0. The van der Waals surface area contributed by atoms with Gasteiger partial charge in [-0.1, -0.05) is 29.8 Å². The molecule has 0 fully saturated rings. The molecule has 1 aliphatic heterocycles. The molecule has 0 radical (unpaired) electrons. The van der Waals surface area contributed by atoms with Crippen molar-refractivity contribution in [2.24, 2.45) is 0 Å². The minimum atomic E-state index is -1.57. The normalized spacial score (nSPS) is 16.0. The van der Waals surface area contributed by atoms with E-state index in [1.165, 1.54) is 12.1 Å². The van der Waals surface area contributed by atoms with Crippen LogP contribution in [0.15, 0.2) is 48.5 Å². The van der Waals surface area contributed by atoms with Gasteiger partial charge in [0.1, 0.15) is 17.7 Å². The highest BCUT2D eigenvalue weighted by atomic mass is 19.2. The molecule has 0 amide bonds. The molecule has 4 rings (SSSR count). The van der Waals surface area contributed by atoms with Gasteiger partial charge in [-0.15, -0.1) is 0 Å². The summed E-state index contributed by atoms with van der Waals surface area (Å²) in [6.45, 7) is 2.02. The van der Waals surface area contributed by atoms with Gasteiger partial charge in [0.15, 0.2) is 17.5 Å². The van der Waals surface area contributed by atoms with E-state index in [1.807, 2.05) is 19.1 Å². The van der Waals surface area contributed by atoms with Crippen molar-refractivity contribution in [1.82, 2.24) is 0 Å². The Balaban J connectivity index is 1.64. The zero-order valence-electron chi connectivity index (χ0n) is 14.5. The third kappa shape index (κ3) is 3.29. The van der Waals surface area contributed by atoms with Crippen LogP contribution in [-0.4, -0.2) is 0 Å². The van der Waals surface area contributed by atoms with Gasteiger partial charge in [-0.2, -0.15) is 0 Å². The molecule has 1 nitrogen and oxygen atoms in total. The van der Waals surface area contributed by atoms with Crippen LogP contribution in [0.3, 0.4) is 0 Å². The van der Waals surface area contributed by atoms with Crippen LogP contribution in [0.2, 0.25) is 0 Å². The molecule has 5 heteroatoms. The molecule has 138 valence electrons. The van der Waals surface area contributed by atoms with Crippen LogP contribution in [0.5, 0.6) is 5.75 Å². The van der Waals surface area contributed by atoms with Gasteiger partial charge in [0.2, 0.25) is 0 Å². The first-order valence-electron chi connectivity index (χ1n) is 8.63. The summed E-state index contributed by atoms with van der Waals surface area (Å²) in [6, 6.07) is 11.9. The van der Waals surface area contributed by atoms with Crippen LogP contribution in [0, 0.1) is 30.2 Å². The zero-order valence-corrected chi connectivity index (χ0v) is 14.5. The molecule has 0 bridgehead atoms. The van der Waals surface area contributed by atoms with Crippen molar-refractivity contribution < 1.29 is 22.3 Å². The van der Waals surface area contributed by atoms with Crippen molar-refractivity contribution in [2.75, 3.05) is 0 Å². The second kappa shape index (κ2) is 6.72. The molecule has 0 aliphatic carbocycles. The second-order valence-electron chi connectivity index (χ2n) is 6.75. The zero-order chi connectivity index (χ0) is 19.1. The molecular formula is C22H16F4O. The fourth-order valence-electron chi connectivity index (χ4n) is 3.43. The van der Waals surface area contributed by atoms with Crippen LogP contribution in [0.1, 0.15) is 29.2 Å². The van der Waals surface area contributed by atoms with E-state index in [2.05, 4.69) is 6.07 Å². The highest BCUT2D eigenvalue weighted by molar-refractivity contribution is 5.65. The lowest BCUT2D eigenvalue weighted by Crippen LogP contribution is -2.15. The molecule has 1 aliphatic rings.